The van der Waals surface area contributed by atoms with Gasteiger partial charge in [0.2, 0.25) is 0 Å². The van der Waals surface area contributed by atoms with E-state index in [-0.39, 0.29) is 0 Å². The van der Waals surface area contributed by atoms with Gasteiger partial charge in [0.25, 0.3) is 0 Å². The van der Waals surface area contributed by atoms with Crippen LogP contribution in [0.3, 0.4) is 0 Å². The summed E-state index contributed by atoms with van der Waals surface area (Å²) in [6.07, 6.45) is 1.55. The van der Waals surface area contributed by atoms with Gasteiger partial charge in [-0.3, -0.25) is 4.98 Å². The Labute approximate surface area is 70.2 Å². The molecule has 0 radical (unpaired) electrons. The average Bonchev–Trinajstić information content (AvgIpc) is 2.31. The van der Waals surface area contributed by atoms with Gasteiger partial charge in [0.05, 0.1) is 16.8 Å². The number of rotatable bonds is 0. The van der Waals surface area contributed by atoms with Crippen molar-refractivity contribution in [2.75, 3.05) is 5.73 Å². The maximum atomic E-state index is 5.69. The second-order valence-electron chi connectivity index (χ2n) is 2.91. The molecule has 2 N–H and O–H groups in total. The molecule has 0 aliphatic heterocycles. The van der Waals surface area contributed by atoms with Gasteiger partial charge in [-0.2, -0.15) is 0 Å². The molecule has 62 valence electrons. The molecule has 2 rings (SSSR count). The van der Waals surface area contributed by atoms with E-state index in [0.717, 1.165) is 22.4 Å². The van der Waals surface area contributed by atoms with E-state index < -0.39 is 0 Å². The molecule has 0 unspecified atom stereocenters. The molecule has 0 saturated carbocycles. The Bertz CT molecular complexity index is 431. The SMILES string of the molecule is Cc1cc2occ(N)c2c(C)n1. The molecule has 0 saturated heterocycles. The maximum Gasteiger partial charge on any atom is 0.139 e. The van der Waals surface area contributed by atoms with Crippen LogP contribution < -0.4 is 5.73 Å². The Balaban J connectivity index is 2.93. The first-order valence-corrected chi connectivity index (χ1v) is 3.79. The van der Waals surface area contributed by atoms with Crippen molar-refractivity contribution in [1.29, 1.82) is 0 Å². The number of aromatic nitrogens is 1. The first-order valence-electron chi connectivity index (χ1n) is 3.79. The molecule has 0 aromatic carbocycles. The third-order valence-electron chi connectivity index (χ3n) is 1.89. The summed E-state index contributed by atoms with van der Waals surface area (Å²) in [5.74, 6) is 0. The number of anilines is 1. The topological polar surface area (TPSA) is 52.0 Å². The molecule has 0 spiro atoms. The van der Waals surface area contributed by atoms with Crippen LogP contribution >= 0.6 is 0 Å². The zero-order chi connectivity index (χ0) is 8.72. The summed E-state index contributed by atoms with van der Waals surface area (Å²) in [5, 5.41) is 0.931. The molecule has 0 aliphatic rings. The first kappa shape index (κ1) is 7.16. The molecule has 3 heteroatoms. The molecule has 2 aromatic heterocycles. The van der Waals surface area contributed by atoms with Gasteiger partial charge in [0.1, 0.15) is 11.8 Å². The summed E-state index contributed by atoms with van der Waals surface area (Å²) in [5.41, 5.74) is 9.05. The van der Waals surface area contributed by atoms with Crippen LogP contribution in [0.5, 0.6) is 0 Å². The average molecular weight is 162 g/mol. The van der Waals surface area contributed by atoms with Gasteiger partial charge in [0.15, 0.2) is 0 Å². The summed E-state index contributed by atoms with van der Waals surface area (Å²) in [7, 11) is 0. The molecular formula is C9H10N2O. The summed E-state index contributed by atoms with van der Waals surface area (Å²) >= 11 is 0. The van der Waals surface area contributed by atoms with Crippen LogP contribution in [0.2, 0.25) is 0 Å². The Hall–Kier alpha value is -1.51. The third kappa shape index (κ3) is 0.863. The van der Waals surface area contributed by atoms with Crippen molar-refractivity contribution >= 4 is 16.7 Å². The number of nitrogens with zero attached hydrogens (tertiary/aromatic N) is 1. The smallest absolute Gasteiger partial charge is 0.139 e. The first-order chi connectivity index (χ1) is 5.68. The van der Waals surface area contributed by atoms with E-state index in [1.807, 2.05) is 19.9 Å². The van der Waals surface area contributed by atoms with Crippen LogP contribution in [0.15, 0.2) is 16.7 Å². The lowest BCUT2D eigenvalue weighted by Gasteiger charge is -1.97. The second kappa shape index (κ2) is 2.24. The summed E-state index contributed by atoms with van der Waals surface area (Å²) in [4.78, 5) is 4.29. The van der Waals surface area contributed by atoms with Crippen LogP contribution in [0.25, 0.3) is 11.0 Å². The highest BCUT2D eigenvalue weighted by Crippen LogP contribution is 2.25. The Morgan fingerprint density at radius 1 is 1.42 bits per heavy atom. The van der Waals surface area contributed by atoms with E-state index in [2.05, 4.69) is 4.98 Å². The van der Waals surface area contributed by atoms with E-state index in [9.17, 15) is 0 Å². The van der Waals surface area contributed by atoms with Crippen molar-refractivity contribution in [2.24, 2.45) is 0 Å². The minimum Gasteiger partial charge on any atom is -0.462 e. The maximum absolute atomic E-state index is 5.69. The van der Waals surface area contributed by atoms with Crippen molar-refractivity contribution in [3.8, 4) is 0 Å². The van der Waals surface area contributed by atoms with Crippen LogP contribution in [-0.2, 0) is 0 Å². The second-order valence-corrected chi connectivity index (χ2v) is 2.91. The van der Waals surface area contributed by atoms with Crippen LogP contribution in [0, 0.1) is 13.8 Å². The van der Waals surface area contributed by atoms with Crippen molar-refractivity contribution in [3.05, 3.63) is 23.7 Å². The predicted molar refractivity (Wildman–Crippen MR) is 47.9 cm³/mol. The molecule has 0 atom stereocenters. The molecule has 3 nitrogen and oxygen atoms in total. The monoisotopic (exact) mass is 162 g/mol. The fourth-order valence-electron chi connectivity index (χ4n) is 1.42. The van der Waals surface area contributed by atoms with E-state index in [1.54, 1.807) is 6.26 Å². The van der Waals surface area contributed by atoms with Crippen molar-refractivity contribution in [2.45, 2.75) is 13.8 Å². The molecular weight excluding hydrogens is 152 g/mol. The number of pyridine rings is 1. The zero-order valence-corrected chi connectivity index (χ0v) is 7.09. The van der Waals surface area contributed by atoms with Gasteiger partial charge in [-0.15, -0.1) is 0 Å². The van der Waals surface area contributed by atoms with Gasteiger partial charge in [-0.1, -0.05) is 0 Å². The van der Waals surface area contributed by atoms with Crippen molar-refractivity contribution in [3.63, 3.8) is 0 Å². The van der Waals surface area contributed by atoms with Gasteiger partial charge in [-0.25, -0.2) is 0 Å². The van der Waals surface area contributed by atoms with Crippen molar-refractivity contribution in [1.82, 2.24) is 4.98 Å². The van der Waals surface area contributed by atoms with Crippen LogP contribution in [-0.4, -0.2) is 4.98 Å². The molecule has 0 aliphatic carbocycles. The lowest BCUT2D eigenvalue weighted by Crippen LogP contribution is -1.88. The summed E-state index contributed by atoms with van der Waals surface area (Å²) < 4.78 is 5.25. The lowest BCUT2D eigenvalue weighted by atomic mass is 10.2. The van der Waals surface area contributed by atoms with Gasteiger partial charge in [-0.05, 0) is 13.8 Å². The number of hydrogen-bond donors (Lipinski definition) is 1. The molecule has 0 fully saturated rings. The molecule has 2 aromatic rings. The number of nitrogens with two attached hydrogens (primary N) is 1. The van der Waals surface area contributed by atoms with E-state index in [4.69, 9.17) is 10.2 Å². The van der Waals surface area contributed by atoms with Gasteiger partial charge in [0, 0.05) is 11.8 Å². The Morgan fingerprint density at radius 2 is 2.17 bits per heavy atom. The number of fused-ring (bicyclic) bond motifs is 1. The zero-order valence-electron chi connectivity index (χ0n) is 7.09. The molecule has 2 heterocycles. The van der Waals surface area contributed by atoms with E-state index >= 15 is 0 Å². The van der Waals surface area contributed by atoms with Crippen LogP contribution in [0.4, 0.5) is 5.69 Å². The molecule has 0 bridgehead atoms. The number of hydrogen-bond acceptors (Lipinski definition) is 3. The molecule has 12 heavy (non-hydrogen) atoms. The van der Waals surface area contributed by atoms with E-state index in [0.29, 0.717) is 5.69 Å². The van der Waals surface area contributed by atoms with Gasteiger partial charge >= 0.3 is 0 Å². The van der Waals surface area contributed by atoms with Gasteiger partial charge < -0.3 is 10.2 Å². The largest absolute Gasteiger partial charge is 0.462 e. The number of furan rings is 1. The Kier molecular flexibility index (Phi) is 1.33. The highest BCUT2D eigenvalue weighted by Gasteiger charge is 2.06. The third-order valence-corrected chi connectivity index (χ3v) is 1.89. The molecule has 0 amide bonds. The normalized spacial score (nSPS) is 10.8. The Morgan fingerprint density at radius 3 is 2.92 bits per heavy atom. The quantitative estimate of drug-likeness (QED) is 0.644. The highest BCUT2D eigenvalue weighted by molar-refractivity contribution is 5.91. The fourth-order valence-corrected chi connectivity index (χ4v) is 1.42. The predicted octanol–water partition coefficient (Wildman–Crippen LogP) is 2.03. The van der Waals surface area contributed by atoms with Crippen LogP contribution in [0.1, 0.15) is 11.4 Å². The minimum absolute atomic E-state index is 0.662. The lowest BCUT2D eigenvalue weighted by molar-refractivity contribution is 0.616. The number of aryl methyl sites for hydroxylation is 2. The van der Waals surface area contributed by atoms with Crippen molar-refractivity contribution < 1.29 is 4.42 Å². The standard InChI is InChI=1S/C9H10N2O/c1-5-3-8-9(6(2)11-5)7(10)4-12-8/h3-4H,10H2,1-2H3. The summed E-state index contributed by atoms with van der Waals surface area (Å²) in [6.45, 7) is 3.87. The highest BCUT2D eigenvalue weighted by atomic mass is 16.3. The number of nitrogen functional groups attached to an aromatic ring is 1. The minimum atomic E-state index is 0.662. The summed E-state index contributed by atoms with van der Waals surface area (Å²) in [6, 6.07) is 1.89. The fraction of sp³-hybridized carbons (Fsp3) is 0.222. The van der Waals surface area contributed by atoms with E-state index in [1.165, 1.54) is 0 Å².